The third-order valence-electron chi connectivity index (χ3n) is 2.39. The zero-order chi connectivity index (χ0) is 10.7. The summed E-state index contributed by atoms with van der Waals surface area (Å²) >= 11 is 5.97. The molecule has 1 aromatic carbocycles. The molecule has 0 amide bonds. The van der Waals surface area contributed by atoms with Gasteiger partial charge in [0.1, 0.15) is 5.15 Å². The molecule has 0 saturated carbocycles. The van der Waals surface area contributed by atoms with Crippen LogP contribution in [0.3, 0.4) is 0 Å². The third-order valence-corrected chi connectivity index (χ3v) is 2.58. The van der Waals surface area contributed by atoms with Gasteiger partial charge in [-0.25, -0.2) is 4.98 Å². The summed E-state index contributed by atoms with van der Waals surface area (Å²) in [6, 6.07) is 10.0. The molecule has 1 aromatic heterocycles. The highest BCUT2D eigenvalue weighted by molar-refractivity contribution is 6.29. The summed E-state index contributed by atoms with van der Waals surface area (Å²) in [5.74, 6) is 0. The Labute approximate surface area is 94.4 Å². The van der Waals surface area contributed by atoms with Gasteiger partial charge >= 0.3 is 0 Å². The average molecular weight is 218 g/mol. The van der Waals surface area contributed by atoms with Crippen LogP contribution < -0.4 is 0 Å². The Hall–Kier alpha value is -1.34. The van der Waals surface area contributed by atoms with Crippen molar-refractivity contribution < 1.29 is 0 Å². The van der Waals surface area contributed by atoms with E-state index in [1.165, 1.54) is 10.9 Å². The van der Waals surface area contributed by atoms with Crippen molar-refractivity contribution in [3.63, 3.8) is 0 Å². The Morgan fingerprint density at radius 3 is 2.93 bits per heavy atom. The SMILES string of the molecule is C=CCCc1cc(Cl)nc2ccccc12. The zero-order valence-corrected chi connectivity index (χ0v) is 9.17. The van der Waals surface area contributed by atoms with Crippen LogP contribution in [0, 0.1) is 0 Å². The van der Waals surface area contributed by atoms with Crippen LogP contribution in [0.5, 0.6) is 0 Å². The molecule has 76 valence electrons. The molecular formula is C13H12ClN. The molecule has 0 bridgehead atoms. The molecule has 1 heterocycles. The van der Waals surface area contributed by atoms with Crippen molar-refractivity contribution in [1.82, 2.24) is 4.98 Å². The smallest absolute Gasteiger partial charge is 0.130 e. The number of para-hydroxylation sites is 1. The Morgan fingerprint density at radius 1 is 1.33 bits per heavy atom. The van der Waals surface area contributed by atoms with Crippen LogP contribution in [0.1, 0.15) is 12.0 Å². The van der Waals surface area contributed by atoms with E-state index in [4.69, 9.17) is 11.6 Å². The fraction of sp³-hybridized carbons (Fsp3) is 0.154. The molecule has 0 spiro atoms. The second-order valence-corrected chi connectivity index (χ2v) is 3.84. The first kappa shape index (κ1) is 10.2. The lowest BCUT2D eigenvalue weighted by Crippen LogP contribution is -1.89. The minimum atomic E-state index is 0.563. The van der Waals surface area contributed by atoms with Gasteiger partial charge in [-0.05, 0) is 30.5 Å². The molecule has 0 saturated heterocycles. The molecule has 0 unspecified atom stereocenters. The van der Waals surface area contributed by atoms with E-state index >= 15 is 0 Å². The normalized spacial score (nSPS) is 10.5. The molecular weight excluding hydrogens is 206 g/mol. The van der Waals surface area contributed by atoms with E-state index in [2.05, 4.69) is 17.6 Å². The van der Waals surface area contributed by atoms with Gasteiger partial charge in [0.05, 0.1) is 5.52 Å². The number of allylic oxidation sites excluding steroid dienone is 1. The van der Waals surface area contributed by atoms with Crippen LogP contribution in [0.2, 0.25) is 5.15 Å². The summed E-state index contributed by atoms with van der Waals surface area (Å²) in [6.45, 7) is 3.73. The number of hydrogen-bond acceptors (Lipinski definition) is 1. The Kier molecular flexibility index (Phi) is 3.02. The molecule has 0 aliphatic rings. The first-order valence-electron chi connectivity index (χ1n) is 4.96. The summed E-state index contributed by atoms with van der Waals surface area (Å²) in [5, 5.41) is 1.75. The lowest BCUT2D eigenvalue weighted by atomic mass is 10.0. The van der Waals surface area contributed by atoms with Crippen molar-refractivity contribution in [3.05, 3.63) is 53.7 Å². The van der Waals surface area contributed by atoms with E-state index in [1.54, 1.807) is 0 Å². The molecule has 0 radical (unpaired) electrons. The monoisotopic (exact) mass is 217 g/mol. The van der Waals surface area contributed by atoms with Crippen molar-refractivity contribution in [3.8, 4) is 0 Å². The average Bonchev–Trinajstić information content (AvgIpc) is 2.25. The summed E-state index contributed by atoms with van der Waals surface area (Å²) in [5.41, 5.74) is 2.20. The summed E-state index contributed by atoms with van der Waals surface area (Å²) in [6.07, 6.45) is 3.85. The highest BCUT2D eigenvalue weighted by Crippen LogP contribution is 2.21. The van der Waals surface area contributed by atoms with Gasteiger partial charge in [0.15, 0.2) is 0 Å². The molecule has 0 aliphatic heterocycles. The minimum absolute atomic E-state index is 0.563. The van der Waals surface area contributed by atoms with Crippen molar-refractivity contribution >= 4 is 22.5 Å². The van der Waals surface area contributed by atoms with E-state index in [9.17, 15) is 0 Å². The largest absolute Gasteiger partial charge is 0.236 e. The number of aryl methyl sites for hydroxylation is 1. The molecule has 0 atom stereocenters. The first-order valence-corrected chi connectivity index (χ1v) is 5.34. The lowest BCUT2D eigenvalue weighted by molar-refractivity contribution is 1.01. The molecule has 2 rings (SSSR count). The highest BCUT2D eigenvalue weighted by Gasteiger charge is 2.03. The van der Waals surface area contributed by atoms with Gasteiger partial charge in [-0.1, -0.05) is 35.9 Å². The van der Waals surface area contributed by atoms with Gasteiger partial charge in [0, 0.05) is 5.39 Å². The number of rotatable bonds is 3. The Balaban J connectivity index is 2.55. The minimum Gasteiger partial charge on any atom is -0.236 e. The topological polar surface area (TPSA) is 12.9 Å². The number of aromatic nitrogens is 1. The Morgan fingerprint density at radius 2 is 2.13 bits per heavy atom. The van der Waals surface area contributed by atoms with E-state index in [0.29, 0.717) is 5.15 Å². The van der Waals surface area contributed by atoms with Crippen molar-refractivity contribution in [2.45, 2.75) is 12.8 Å². The summed E-state index contributed by atoms with van der Waals surface area (Å²) in [7, 11) is 0. The molecule has 2 aromatic rings. The van der Waals surface area contributed by atoms with Crippen molar-refractivity contribution in [2.75, 3.05) is 0 Å². The summed E-state index contributed by atoms with van der Waals surface area (Å²) in [4.78, 5) is 4.28. The standard InChI is InChI=1S/C13H12ClN/c1-2-3-6-10-9-13(14)15-12-8-5-4-7-11(10)12/h2,4-5,7-9H,1,3,6H2. The van der Waals surface area contributed by atoms with Crippen LogP contribution in [0.15, 0.2) is 43.0 Å². The van der Waals surface area contributed by atoms with Gasteiger partial charge in [-0.2, -0.15) is 0 Å². The maximum atomic E-state index is 5.97. The van der Waals surface area contributed by atoms with E-state index in [1.807, 2.05) is 30.3 Å². The van der Waals surface area contributed by atoms with Crippen LogP contribution in [-0.4, -0.2) is 4.98 Å². The fourth-order valence-corrected chi connectivity index (χ4v) is 1.90. The number of benzene rings is 1. The van der Waals surface area contributed by atoms with E-state index in [-0.39, 0.29) is 0 Å². The fourth-order valence-electron chi connectivity index (χ4n) is 1.68. The van der Waals surface area contributed by atoms with Crippen LogP contribution in [0.4, 0.5) is 0 Å². The number of nitrogens with zero attached hydrogens (tertiary/aromatic N) is 1. The second-order valence-electron chi connectivity index (χ2n) is 3.45. The van der Waals surface area contributed by atoms with Crippen molar-refractivity contribution in [2.24, 2.45) is 0 Å². The maximum absolute atomic E-state index is 5.97. The number of fused-ring (bicyclic) bond motifs is 1. The molecule has 0 aliphatic carbocycles. The molecule has 2 heteroatoms. The van der Waals surface area contributed by atoms with Crippen molar-refractivity contribution in [1.29, 1.82) is 0 Å². The molecule has 0 N–H and O–H groups in total. The summed E-state index contributed by atoms with van der Waals surface area (Å²) < 4.78 is 0. The predicted octanol–water partition coefficient (Wildman–Crippen LogP) is 4.01. The third kappa shape index (κ3) is 2.18. The molecule has 1 nitrogen and oxygen atoms in total. The van der Waals surface area contributed by atoms with Gasteiger partial charge < -0.3 is 0 Å². The molecule has 0 fully saturated rings. The second kappa shape index (κ2) is 4.45. The highest BCUT2D eigenvalue weighted by atomic mass is 35.5. The zero-order valence-electron chi connectivity index (χ0n) is 8.41. The lowest BCUT2D eigenvalue weighted by Gasteiger charge is -2.05. The number of hydrogen-bond donors (Lipinski definition) is 0. The van der Waals surface area contributed by atoms with Gasteiger partial charge in [-0.3, -0.25) is 0 Å². The number of halogens is 1. The van der Waals surface area contributed by atoms with Crippen LogP contribution in [0.25, 0.3) is 10.9 Å². The van der Waals surface area contributed by atoms with Crippen LogP contribution >= 0.6 is 11.6 Å². The van der Waals surface area contributed by atoms with Crippen LogP contribution in [-0.2, 0) is 6.42 Å². The maximum Gasteiger partial charge on any atom is 0.130 e. The van der Waals surface area contributed by atoms with Gasteiger partial charge in [-0.15, -0.1) is 6.58 Å². The quantitative estimate of drug-likeness (QED) is 0.559. The van der Waals surface area contributed by atoms with Gasteiger partial charge in [0.25, 0.3) is 0 Å². The first-order chi connectivity index (χ1) is 7.31. The Bertz CT molecular complexity index is 491. The predicted molar refractivity (Wildman–Crippen MR) is 65.3 cm³/mol. The van der Waals surface area contributed by atoms with E-state index < -0.39 is 0 Å². The number of pyridine rings is 1. The van der Waals surface area contributed by atoms with E-state index in [0.717, 1.165) is 18.4 Å². The molecule has 15 heavy (non-hydrogen) atoms. The van der Waals surface area contributed by atoms with Gasteiger partial charge in [0.2, 0.25) is 0 Å².